The predicted molar refractivity (Wildman–Crippen MR) is 71.8 cm³/mol. The van der Waals surface area contributed by atoms with Gasteiger partial charge in [0.2, 0.25) is 0 Å². The van der Waals surface area contributed by atoms with Gasteiger partial charge >= 0.3 is 0 Å². The van der Waals surface area contributed by atoms with Crippen molar-refractivity contribution in [1.82, 2.24) is 15.0 Å². The van der Waals surface area contributed by atoms with Crippen LogP contribution in [0.25, 0.3) is 11.0 Å². The molecule has 0 amide bonds. The summed E-state index contributed by atoms with van der Waals surface area (Å²) >= 11 is 0. The van der Waals surface area contributed by atoms with E-state index in [2.05, 4.69) is 33.0 Å². The van der Waals surface area contributed by atoms with Crippen LogP contribution in [0.1, 0.15) is 31.7 Å². The summed E-state index contributed by atoms with van der Waals surface area (Å²) in [5, 5.41) is 1.23. The van der Waals surface area contributed by atoms with E-state index < -0.39 is 0 Å². The van der Waals surface area contributed by atoms with Gasteiger partial charge in [0, 0.05) is 19.3 Å². The van der Waals surface area contributed by atoms with Crippen molar-refractivity contribution in [2.75, 3.05) is 18.0 Å². The molecule has 1 saturated carbocycles. The van der Waals surface area contributed by atoms with Crippen molar-refractivity contribution in [3.63, 3.8) is 0 Å². The summed E-state index contributed by atoms with van der Waals surface area (Å²) in [6, 6.07) is 0. The maximum Gasteiger partial charge on any atom is 0.143 e. The van der Waals surface area contributed by atoms with Crippen molar-refractivity contribution in [2.24, 2.45) is 5.41 Å². The van der Waals surface area contributed by atoms with Crippen molar-refractivity contribution < 1.29 is 0 Å². The molecule has 0 atom stereocenters. The van der Waals surface area contributed by atoms with Crippen LogP contribution >= 0.6 is 0 Å². The fourth-order valence-electron chi connectivity index (χ4n) is 3.23. The van der Waals surface area contributed by atoms with Crippen molar-refractivity contribution >= 4 is 16.9 Å². The SMILES string of the molecule is CCc1c[nH]c2ncnc(N3CCC4(CC4)C3)c12. The standard InChI is InChI=1S/C14H18N4/c1-2-10-7-15-12-11(10)13(17-9-16-12)18-6-5-14(8-18)3-4-14/h7,9H,2-6,8H2,1H3,(H,15,16,17). The molecule has 1 aliphatic carbocycles. The zero-order chi connectivity index (χ0) is 12.2. The Morgan fingerprint density at radius 1 is 1.33 bits per heavy atom. The Morgan fingerprint density at radius 2 is 2.22 bits per heavy atom. The highest BCUT2D eigenvalue weighted by Gasteiger charge is 2.48. The molecule has 0 radical (unpaired) electrons. The first kappa shape index (κ1) is 10.4. The Kier molecular flexibility index (Phi) is 1.99. The lowest BCUT2D eigenvalue weighted by Gasteiger charge is -2.18. The van der Waals surface area contributed by atoms with Gasteiger partial charge in [-0.15, -0.1) is 0 Å². The first-order valence-corrected chi connectivity index (χ1v) is 6.87. The van der Waals surface area contributed by atoms with Crippen LogP contribution in [0, 0.1) is 5.41 Å². The molecule has 2 aromatic rings. The molecule has 1 aliphatic heterocycles. The van der Waals surface area contributed by atoms with Crippen molar-refractivity contribution in [1.29, 1.82) is 0 Å². The molecule has 2 aromatic heterocycles. The Hall–Kier alpha value is -1.58. The molecule has 4 heteroatoms. The number of aromatic amines is 1. The number of hydrogen-bond donors (Lipinski definition) is 1. The Bertz CT molecular complexity index is 597. The summed E-state index contributed by atoms with van der Waals surface area (Å²) in [5.41, 5.74) is 2.95. The van der Waals surface area contributed by atoms with E-state index in [0.29, 0.717) is 5.41 Å². The van der Waals surface area contributed by atoms with Crippen LogP contribution in [0.4, 0.5) is 5.82 Å². The van der Waals surface area contributed by atoms with E-state index in [1.807, 2.05) is 0 Å². The van der Waals surface area contributed by atoms with Gasteiger partial charge in [-0.1, -0.05) is 6.92 Å². The summed E-state index contributed by atoms with van der Waals surface area (Å²) < 4.78 is 0. The molecular formula is C14H18N4. The van der Waals surface area contributed by atoms with E-state index in [9.17, 15) is 0 Å². The smallest absolute Gasteiger partial charge is 0.143 e. The molecule has 4 nitrogen and oxygen atoms in total. The van der Waals surface area contributed by atoms with E-state index in [1.165, 1.54) is 36.8 Å². The minimum Gasteiger partial charge on any atom is -0.355 e. The third-order valence-corrected chi connectivity index (χ3v) is 4.61. The molecule has 0 aromatic carbocycles. The van der Waals surface area contributed by atoms with Gasteiger partial charge in [0.05, 0.1) is 5.39 Å². The molecule has 1 saturated heterocycles. The minimum atomic E-state index is 0.639. The van der Waals surface area contributed by atoms with Crippen molar-refractivity contribution in [3.8, 4) is 0 Å². The molecule has 2 aliphatic rings. The number of nitrogens with zero attached hydrogens (tertiary/aromatic N) is 3. The van der Waals surface area contributed by atoms with E-state index in [1.54, 1.807) is 6.33 Å². The zero-order valence-electron chi connectivity index (χ0n) is 10.7. The highest BCUT2D eigenvalue weighted by atomic mass is 15.2. The van der Waals surface area contributed by atoms with Crippen LogP contribution in [-0.4, -0.2) is 28.0 Å². The second-order valence-corrected chi connectivity index (χ2v) is 5.76. The number of aromatic nitrogens is 3. The van der Waals surface area contributed by atoms with Crippen LogP contribution < -0.4 is 4.90 Å². The minimum absolute atomic E-state index is 0.639. The monoisotopic (exact) mass is 242 g/mol. The molecule has 1 spiro atoms. The maximum atomic E-state index is 4.56. The molecule has 0 bridgehead atoms. The van der Waals surface area contributed by atoms with E-state index in [4.69, 9.17) is 0 Å². The number of anilines is 1. The summed E-state index contributed by atoms with van der Waals surface area (Å²) in [7, 11) is 0. The van der Waals surface area contributed by atoms with Crippen molar-refractivity contribution in [2.45, 2.75) is 32.6 Å². The Balaban J connectivity index is 1.81. The number of rotatable bonds is 2. The fraction of sp³-hybridized carbons (Fsp3) is 0.571. The summed E-state index contributed by atoms with van der Waals surface area (Å²) in [5.74, 6) is 1.14. The first-order chi connectivity index (χ1) is 8.81. The zero-order valence-corrected chi connectivity index (χ0v) is 10.7. The van der Waals surface area contributed by atoms with Gasteiger partial charge < -0.3 is 9.88 Å². The van der Waals surface area contributed by atoms with Crippen LogP contribution in [0.15, 0.2) is 12.5 Å². The van der Waals surface area contributed by atoms with Gasteiger partial charge in [-0.25, -0.2) is 9.97 Å². The summed E-state index contributed by atoms with van der Waals surface area (Å²) in [4.78, 5) is 14.6. The number of hydrogen-bond acceptors (Lipinski definition) is 3. The van der Waals surface area contributed by atoms with Gasteiger partial charge in [0.25, 0.3) is 0 Å². The molecule has 4 rings (SSSR count). The second-order valence-electron chi connectivity index (χ2n) is 5.76. The van der Waals surface area contributed by atoms with Crippen LogP contribution in [0.2, 0.25) is 0 Å². The molecule has 2 fully saturated rings. The highest BCUT2D eigenvalue weighted by Crippen LogP contribution is 2.53. The number of H-pyrrole nitrogens is 1. The maximum absolute atomic E-state index is 4.56. The lowest BCUT2D eigenvalue weighted by Crippen LogP contribution is -2.21. The Morgan fingerprint density at radius 3 is 2.94 bits per heavy atom. The molecular weight excluding hydrogens is 224 g/mol. The van der Waals surface area contributed by atoms with E-state index >= 15 is 0 Å². The first-order valence-electron chi connectivity index (χ1n) is 6.87. The molecule has 94 valence electrons. The van der Waals surface area contributed by atoms with Gasteiger partial charge in [0.1, 0.15) is 17.8 Å². The van der Waals surface area contributed by atoms with E-state index in [0.717, 1.165) is 24.4 Å². The second kappa shape index (κ2) is 3.46. The summed E-state index contributed by atoms with van der Waals surface area (Å²) in [6.45, 7) is 4.53. The average Bonchev–Trinajstić information content (AvgIpc) is 2.86. The van der Waals surface area contributed by atoms with Gasteiger partial charge in [-0.2, -0.15) is 0 Å². The van der Waals surface area contributed by atoms with Crippen LogP contribution in [-0.2, 0) is 6.42 Å². The topological polar surface area (TPSA) is 44.8 Å². The molecule has 3 heterocycles. The highest BCUT2D eigenvalue weighted by molar-refractivity contribution is 5.91. The van der Waals surface area contributed by atoms with Gasteiger partial charge in [-0.3, -0.25) is 0 Å². The number of aryl methyl sites for hydroxylation is 1. The van der Waals surface area contributed by atoms with Crippen LogP contribution in [0.3, 0.4) is 0 Å². The largest absolute Gasteiger partial charge is 0.355 e. The average molecular weight is 242 g/mol. The molecule has 1 N–H and O–H groups in total. The van der Waals surface area contributed by atoms with Crippen molar-refractivity contribution in [3.05, 3.63) is 18.1 Å². The van der Waals surface area contributed by atoms with Gasteiger partial charge in [0.15, 0.2) is 0 Å². The number of fused-ring (bicyclic) bond motifs is 1. The lowest BCUT2D eigenvalue weighted by atomic mass is 10.1. The van der Waals surface area contributed by atoms with E-state index in [-0.39, 0.29) is 0 Å². The Labute approximate surface area is 106 Å². The predicted octanol–water partition coefficient (Wildman–Crippen LogP) is 2.51. The van der Waals surface area contributed by atoms with Crippen LogP contribution in [0.5, 0.6) is 0 Å². The van der Waals surface area contributed by atoms with Gasteiger partial charge in [-0.05, 0) is 36.7 Å². The summed E-state index contributed by atoms with van der Waals surface area (Å²) in [6.07, 6.45) is 8.94. The molecule has 0 unspecified atom stereocenters. The third kappa shape index (κ3) is 1.38. The third-order valence-electron chi connectivity index (χ3n) is 4.61. The normalized spacial score (nSPS) is 21.1. The lowest BCUT2D eigenvalue weighted by molar-refractivity contribution is 0.580. The quantitative estimate of drug-likeness (QED) is 0.880. The number of nitrogens with one attached hydrogen (secondary N) is 1. The molecule has 18 heavy (non-hydrogen) atoms. The fourth-order valence-corrected chi connectivity index (χ4v) is 3.23.